The normalized spacial score (nSPS) is 12.7. The number of aryl methyl sites for hydroxylation is 1. The van der Waals surface area contributed by atoms with Gasteiger partial charge in [-0.25, -0.2) is 4.98 Å². The van der Waals surface area contributed by atoms with Crippen molar-refractivity contribution in [3.8, 4) is 0 Å². The van der Waals surface area contributed by atoms with Gasteiger partial charge in [0, 0.05) is 6.04 Å². The summed E-state index contributed by atoms with van der Waals surface area (Å²) in [5.41, 5.74) is 4.77. The van der Waals surface area contributed by atoms with Crippen LogP contribution < -0.4 is 5.32 Å². The molecule has 20 heavy (non-hydrogen) atoms. The first-order chi connectivity index (χ1) is 9.74. The molecule has 0 spiro atoms. The van der Waals surface area contributed by atoms with Gasteiger partial charge in [-0.1, -0.05) is 36.4 Å². The van der Waals surface area contributed by atoms with Crippen LogP contribution in [-0.4, -0.2) is 9.97 Å². The monoisotopic (exact) mass is 265 g/mol. The van der Waals surface area contributed by atoms with E-state index in [1.54, 1.807) is 0 Å². The molecule has 0 saturated carbocycles. The lowest BCUT2D eigenvalue weighted by Gasteiger charge is -2.15. The van der Waals surface area contributed by atoms with Gasteiger partial charge in [-0.3, -0.25) is 0 Å². The lowest BCUT2D eigenvalue weighted by Crippen LogP contribution is -2.19. The van der Waals surface area contributed by atoms with Crippen molar-refractivity contribution in [3.05, 3.63) is 65.5 Å². The maximum atomic E-state index is 4.58. The fourth-order valence-corrected chi connectivity index (χ4v) is 2.52. The molecule has 0 amide bonds. The molecular formula is C17H19N3. The van der Waals surface area contributed by atoms with Gasteiger partial charge in [0.25, 0.3) is 0 Å². The van der Waals surface area contributed by atoms with Crippen molar-refractivity contribution in [2.24, 2.45) is 0 Å². The van der Waals surface area contributed by atoms with Crippen molar-refractivity contribution in [1.82, 2.24) is 15.3 Å². The lowest BCUT2D eigenvalue weighted by atomic mass is 10.0. The van der Waals surface area contributed by atoms with E-state index < -0.39 is 0 Å². The number of benzene rings is 2. The zero-order valence-corrected chi connectivity index (χ0v) is 11.9. The van der Waals surface area contributed by atoms with E-state index in [0.717, 1.165) is 23.4 Å². The summed E-state index contributed by atoms with van der Waals surface area (Å²) in [6.45, 7) is 5.07. The van der Waals surface area contributed by atoms with Crippen molar-refractivity contribution in [3.63, 3.8) is 0 Å². The third-order valence-corrected chi connectivity index (χ3v) is 3.67. The van der Waals surface area contributed by atoms with Crippen LogP contribution in [0.2, 0.25) is 0 Å². The largest absolute Gasteiger partial charge is 0.341 e. The third kappa shape index (κ3) is 2.58. The first-order valence-electron chi connectivity index (χ1n) is 6.96. The molecule has 1 heterocycles. The fourth-order valence-electron chi connectivity index (χ4n) is 2.52. The van der Waals surface area contributed by atoms with Crippen molar-refractivity contribution in [2.75, 3.05) is 0 Å². The predicted octanol–water partition coefficient (Wildman–Crippen LogP) is 3.72. The van der Waals surface area contributed by atoms with Gasteiger partial charge in [0.2, 0.25) is 0 Å². The molecule has 0 radical (unpaired) electrons. The number of imidazole rings is 1. The van der Waals surface area contributed by atoms with E-state index in [2.05, 4.69) is 59.5 Å². The average Bonchev–Trinajstić information content (AvgIpc) is 2.88. The van der Waals surface area contributed by atoms with E-state index in [0.29, 0.717) is 6.04 Å². The Balaban J connectivity index is 1.71. The SMILES string of the molecule is Cc1ccccc1C(C)NCc1nc2ccccc2[nH]1. The van der Waals surface area contributed by atoms with Crippen LogP contribution in [0.15, 0.2) is 48.5 Å². The van der Waals surface area contributed by atoms with E-state index in [1.165, 1.54) is 11.1 Å². The Bertz CT molecular complexity index is 682. The van der Waals surface area contributed by atoms with Crippen molar-refractivity contribution >= 4 is 11.0 Å². The van der Waals surface area contributed by atoms with Crippen molar-refractivity contribution in [2.45, 2.75) is 26.4 Å². The van der Waals surface area contributed by atoms with Crippen LogP contribution in [0, 0.1) is 6.92 Å². The molecule has 0 bridgehead atoms. The standard InChI is InChI=1S/C17H19N3/c1-12-7-3-4-8-14(12)13(2)18-11-17-19-15-9-5-6-10-16(15)20-17/h3-10,13,18H,11H2,1-2H3,(H,19,20). The molecular weight excluding hydrogens is 246 g/mol. The molecule has 0 aliphatic carbocycles. The molecule has 0 fully saturated rings. The molecule has 0 aliphatic heterocycles. The minimum Gasteiger partial charge on any atom is -0.341 e. The summed E-state index contributed by atoms with van der Waals surface area (Å²) in [6, 6.07) is 16.9. The zero-order chi connectivity index (χ0) is 13.9. The Morgan fingerprint density at radius 2 is 1.85 bits per heavy atom. The topological polar surface area (TPSA) is 40.7 Å². The Labute approximate surface area is 119 Å². The van der Waals surface area contributed by atoms with E-state index in [-0.39, 0.29) is 0 Å². The van der Waals surface area contributed by atoms with E-state index in [4.69, 9.17) is 0 Å². The average molecular weight is 265 g/mol. The van der Waals surface area contributed by atoms with E-state index in [1.807, 2.05) is 18.2 Å². The molecule has 0 aliphatic rings. The Morgan fingerprint density at radius 3 is 2.65 bits per heavy atom. The van der Waals surface area contributed by atoms with Gasteiger partial charge in [-0.2, -0.15) is 0 Å². The molecule has 1 atom stereocenters. The summed E-state index contributed by atoms with van der Waals surface area (Å²) in [7, 11) is 0. The van der Waals surface area contributed by atoms with Crippen molar-refractivity contribution in [1.29, 1.82) is 0 Å². The number of aromatic amines is 1. The van der Waals surface area contributed by atoms with Gasteiger partial charge < -0.3 is 10.3 Å². The summed E-state index contributed by atoms with van der Waals surface area (Å²) in [6.07, 6.45) is 0. The summed E-state index contributed by atoms with van der Waals surface area (Å²) < 4.78 is 0. The molecule has 1 aromatic heterocycles. The lowest BCUT2D eigenvalue weighted by molar-refractivity contribution is 0.560. The number of rotatable bonds is 4. The minimum atomic E-state index is 0.310. The van der Waals surface area contributed by atoms with E-state index in [9.17, 15) is 0 Å². The van der Waals surface area contributed by atoms with Crippen LogP contribution in [0.25, 0.3) is 11.0 Å². The van der Waals surface area contributed by atoms with Gasteiger partial charge in [0.1, 0.15) is 5.82 Å². The molecule has 3 heteroatoms. The van der Waals surface area contributed by atoms with Crippen LogP contribution in [0.3, 0.4) is 0 Å². The number of nitrogens with zero attached hydrogens (tertiary/aromatic N) is 1. The smallest absolute Gasteiger partial charge is 0.121 e. The first-order valence-corrected chi connectivity index (χ1v) is 6.96. The summed E-state index contributed by atoms with van der Waals surface area (Å²) >= 11 is 0. The maximum Gasteiger partial charge on any atom is 0.121 e. The molecule has 3 rings (SSSR count). The number of H-pyrrole nitrogens is 1. The van der Waals surface area contributed by atoms with Crippen LogP contribution >= 0.6 is 0 Å². The number of hydrogen-bond donors (Lipinski definition) is 2. The van der Waals surface area contributed by atoms with Gasteiger partial charge in [-0.15, -0.1) is 0 Å². The van der Waals surface area contributed by atoms with Gasteiger partial charge >= 0.3 is 0 Å². The van der Waals surface area contributed by atoms with Crippen LogP contribution in [0.4, 0.5) is 0 Å². The highest BCUT2D eigenvalue weighted by atomic mass is 15.0. The second-order valence-corrected chi connectivity index (χ2v) is 5.16. The Hall–Kier alpha value is -2.13. The number of hydrogen-bond acceptors (Lipinski definition) is 2. The molecule has 0 saturated heterocycles. The van der Waals surface area contributed by atoms with Crippen LogP contribution in [-0.2, 0) is 6.54 Å². The number of fused-ring (bicyclic) bond motifs is 1. The molecule has 3 nitrogen and oxygen atoms in total. The minimum absolute atomic E-state index is 0.310. The molecule has 2 aromatic carbocycles. The summed E-state index contributed by atoms with van der Waals surface area (Å²) in [4.78, 5) is 7.93. The number of para-hydroxylation sites is 2. The second kappa shape index (κ2) is 5.47. The highest BCUT2D eigenvalue weighted by Gasteiger charge is 2.08. The highest BCUT2D eigenvalue weighted by Crippen LogP contribution is 2.17. The van der Waals surface area contributed by atoms with Gasteiger partial charge in [-0.05, 0) is 37.1 Å². The number of aromatic nitrogens is 2. The van der Waals surface area contributed by atoms with E-state index >= 15 is 0 Å². The van der Waals surface area contributed by atoms with Crippen LogP contribution in [0.5, 0.6) is 0 Å². The second-order valence-electron chi connectivity index (χ2n) is 5.16. The quantitative estimate of drug-likeness (QED) is 0.754. The highest BCUT2D eigenvalue weighted by molar-refractivity contribution is 5.74. The van der Waals surface area contributed by atoms with Crippen LogP contribution in [0.1, 0.15) is 29.9 Å². The van der Waals surface area contributed by atoms with Gasteiger partial charge in [0.05, 0.1) is 17.6 Å². The predicted molar refractivity (Wildman–Crippen MR) is 82.5 cm³/mol. The third-order valence-electron chi connectivity index (χ3n) is 3.67. The number of nitrogens with one attached hydrogen (secondary N) is 2. The molecule has 2 N–H and O–H groups in total. The maximum absolute atomic E-state index is 4.58. The van der Waals surface area contributed by atoms with Crippen molar-refractivity contribution < 1.29 is 0 Å². The summed E-state index contributed by atoms with van der Waals surface area (Å²) in [5, 5.41) is 3.52. The fraction of sp³-hybridized carbons (Fsp3) is 0.235. The molecule has 1 unspecified atom stereocenters. The zero-order valence-electron chi connectivity index (χ0n) is 11.9. The Kier molecular flexibility index (Phi) is 3.52. The van der Waals surface area contributed by atoms with Gasteiger partial charge in [0.15, 0.2) is 0 Å². The Morgan fingerprint density at radius 1 is 1.10 bits per heavy atom. The first kappa shape index (κ1) is 12.9. The summed E-state index contributed by atoms with van der Waals surface area (Å²) in [5.74, 6) is 0.978. The molecule has 3 aromatic rings. The molecule has 102 valence electrons.